The largest absolute Gasteiger partial charge is 0.362 e. The van der Waals surface area contributed by atoms with Crippen LogP contribution in [0.15, 0.2) is 18.2 Å². The Kier molecular flexibility index (Phi) is 5.01. The highest BCUT2D eigenvalue weighted by Crippen LogP contribution is 2.27. The van der Waals surface area contributed by atoms with E-state index in [1.54, 1.807) is 4.90 Å². The highest BCUT2D eigenvalue weighted by molar-refractivity contribution is 5.81. The van der Waals surface area contributed by atoms with Crippen molar-refractivity contribution in [3.8, 4) is 0 Å². The molecule has 1 aromatic carbocycles. The van der Waals surface area contributed by atoms with Gasteiger partial charge in [-0.2, -0.15) is 0 Å². The van der Waals surface area contributed by atoms with E-state index >= 15 is 0 Å². The number of amides is 1. The molecular weight excluding hydrogens is 250 g/mol. The van der Waals surface area contributed by atoms with Crippen LogP contribution in [0.1, 0.15) is 24.0 Å². The summed E-state index contributed by atoms with van der Waals surface area (Å²) in [6.45, 7) is 4.92. The molecule has 0 radical (unpaired) electrons. The number of carbonyl (C=O) groups excluding carboxylic acids is 1. The smallest absolute Gasteiger partial charge is 0.241 e. The van der Waals surface area contributed by atoms with E-state index in [2.05, 4.69) is 30.0 Å². The molecule has 4 heteroatoms. The molecule has 20 heavy (non-hydrogen) atoms. The van der Waals surface area contributed by atoms with Crippen LogP contribution >= 0.6 is 0 Å². The molecule has 1 aromatic rings. The molecule has 1 heterocycles. The number of rotatable bonds is 5. The Morgan fingerprint density at radius 2 is 2.25 bits per heavy atom. The molecule has 2 N–H and O–H groups in total. The molecule has 0 aromatic heterocycles. The van der Waals surface area contributed by atoms with E-state index in [0.29, 0.717) is 13.1 Å². The molecule has 0 aliphatic carbocycles. The predicted octanol–water partition coefficient (Wildman–Crippen LogP) is 1.55. The summed E-state index contributed by atoms with van der Waals surface area (Å²) in [5, 5.41) is 0. The van der Waals surface area contributed by atoms with Crippen LogP contribution in [0, 0.1) is 6.92 Å². The zero-order chi connectivity index (χ0) is 14.5. The lowest BCUT2D eigenvalue weighted by Crippen LogP contribution is -2.41. The summed E-state index contributed by atoms with van der Waals surface area (Å²) in [6.07, 6.45) is 3.10. The van der Waals surface area contributed by atoms with Gasteiger partial charge in [0, 0.05) is 25.8 Å². The van der Waals surface area contributed by atoms with Crippen molar-refractivity contribution in [2.45, 2.75) is 26.2 Å². The molecule has 4 nitrogen and oxygen atoms in total. The van der Waals surface area contributed by atoms with Gasteiger partial charge in [-0.3, -0.25) is 4.79 Å². The molecule has 0 fully saturated rings. The third kappa shape index (κ3) is 3.51. The van der Waals surface area contributed by atoms with Gasteiger partial charge in [-0.05, 0) is 44.4 Å². The summed E-state index contributed by atoms with van der Waals surface area (Å²) in [5.74, 6) is 0.173. The average Bonchev–Trinajstić information content (AvgIpc) is 2.44. The standard InChI is InChI=1S/C16H25N3O/c1-13-6-7-15-14(11-13)5-3-10-19(15)12-16(20)18(2)9-4-8-17/h6-7,11H,3-5,8-10,12,17H2,1-2H3. The normalized spacial score (nSPS) is 14.1. The molecule has 2 rings (SSSR count). The van der Waals surface area contributed by atoms with E-state index in [-0.39, 0.29) is 5.91 Å². The van der Waals surface area contributed by atoms with Crippen molar-refractivity contribution in [1.82, 2.24) is 4.90 Å². The van der Waals surface area contributed by atoms with Gasteiger partial charge in [0.2, 0.25) is 5.91 Å². The van der Waals surface area contributed by atoms with Crippen LogP contribution < -0.4 is 10.6 Å². The summed E-state index contributed by atoms with van der Waals surface area (Å²) in [5.41, 5.74) is 9.37. The van der Waals surface area contributed by atoms with E-state index < -0.39 is 0 Å². The second-order valence-electron chi connectivity index (χ2n) is 5.61. The maximum atomic E-state index is 12.2. The number of fused-ring (bicyclic) bond motifs is 1. The maximum absolute atomic E-state index is 12.2. The highest BCUT2D eigenvalue weighted by Gasteiger charge is 2.20. The van der Waals surface area contributed by atoms with E-state index in [1.807, 2.05) is 7.05 Å². The molecule has 1 aliphatic rings. The van der Waals surface area contributed by atoms with Crippen LogP contribution in [0.2, 0.25) is 0 Å². The van der Waals surface area contributed by atoms with Gasteiger partial charge in [0.25, 0.3) is 0 Å². The quantitative estimate of drug-likeness (QED) is 0.887. The Morgan fingerprint density at radius 1 is 1.45 bits per heavy atom. The summed E-state index contributed by atoms with van der Waals surface area (Å²) in [6, 6.07) is 6.51. The van der Waals surface area contributed by atoms with Gasteiger partial charge in [0.15, 0.2) is 0 Å². The third-order valence-electron chi connectivity index (χ3n) is 3.90. The van der Waals surface area contributed by atoms with Gasteiger partial charge in [0.1, 0.15) is 0 Å². The first-order valence-electron chi connectivity index (χ1n) is 7.40. The second kappa shape index (κ2) is 6.75. The zero-order valence-corrected chi connectivity index (χ0v) is 12.6. The molecular formula is C16H25N3O. The summed E-state index contributed by atoms with van der Waals surface area (Å²) in [7, 11) is 1.86. The van der Waals surface area contributed by atoms with Crippen molar-refractivity contribution in [3.63, 3.8) is 0 Å². The highest BCUT2D eigenvalue weighted by atomic mass is 16.2. The Morgan fingerprint density at radius 3 is 3.00 bits per heavy atom. The second-order valence-corrected chi connectivity index (χ2v) is 5.61. The van der Waals surface area contributed by atoms with Gasteiger partial charge >= 0.3 is 0 Å². The van der Waals surface area contributed by atoms with Crippen LogP contribution in [0.4, 0.5) is 5.69 Å². The first-order valence-corrected chi connectivity index (χ1v) is 7.40. The van der Waals surface area contributed by atoms with Gasteiger partial charge in [-0.15, -0.1) is 0 Å². The lowest BCUT2D eigenvalue weighted by molar-refractivity contribution is -0.128. The average molecular weight is 275 g/mol. The van der Waals surface area contributed by atoms with Crippen molar-refractivity contribution in [2.75, 3.05) is 38.1 Å². The van der Waals surface area contributed by atoms with Gasteiger partial charge in [-0.25, -0.2) is 0 Å². The minimum atomic E-state index is 0.173. The zero-order valence-electron chi connectivity index (χ0n) is 12.6. The van der Waals surface area contributed by atoms with E-state index in [4.69, 9.17) is 5.73 Å². The molecule has 0 unspecified atom stereocenters. The monoisotopic (exact) mass is 275 g/mol. The minimum Gasteiger partial charge on any atom is -0.362 e. The summed E-state index contributed by atoms with van der Waals surface area (Å²) in [4.78, 5) is 16.2. The first kappa shape index (κ1) is 14.9. The first-order chi connectivity index (χ1) is 9.61. The molecule has 1 aliphatic heterocycles. The van der Waals surface area contributed by atoms with E-state index in [9.17, 15) is 4.79 Å². The van der Waals surface area contributed by atoms with Gasteiger partial charge in [-0.1, -0.05) is 17.7 Å². The Labute approximate surface area is 121 Å². The topological polar surface area (TPSA) is 49.6 Å². The maximum Gasteiger partial charge on any atom is 0.241 e. The number of likely N-dealkylation sites (N-methyl/N-ethyl adjacent to an activating group) is 1. The number of anilines is 1. The Bertz CT molecular complexity index is 473. The lowest BCUT2D eigenvalue weighted by Gasteiger charge is -2.32. The third-order valence-corrected chi connectivity index (χ3v) is 3.90. The van der Waals surface area contributed by atoms with E-state index in [0.717, 1.165) is 32.4 Å². The van der Waals surface area contributed by atoms with Crippen molar-refractivity contribution in [3.05, 3.63) is 29.3 Å². The van der Waals surface area contributed by atoms with Crippen LogP contribution in [0.25, 0.3) is 0 Å². The van der Waals surface area contributed by atoms with Gasteiger partial charge in [0.05, 0.1) is 6.54 Å². The van der Waals surface area contributed by atoms with Crippen LogP contribution in [0.3, 0.4) is 0 Å². The number of nitrogens with two attached hydrogens (primary N) is 1. The fourth-order valence-corrected chi connectivity index (χ4v) is 2.71. The Balaban J connectivity index is 2.03. The van der Waals surface area contributed by atoms with Crippen molar-refractivity contribution >= 4 is 11.6 Å². The minimum absolute atomic E-state index is 0.173. The fraction of sp³-hybridized carbons (Fsp3) is 0.562. The number of nitrogens with zero attached hydrogens (tertiary/aromatic N) is 2. The molecule has 1 amide bonds. The van der Waals surface area contributed by atoms with Crippen molar-refractivity contribution < 1.29 is 4.79 Å². The summed E-state index contributed by atoms with van der Waals surface area (Å²) >= 11 is 0. The van der Waals surface area contributed by atoms with E-state index in [1.165, 1.54) is 16.8 Å². The number of aryl methyl sites for hydroxylation is 2. The predicted molar refractivity (Wildman–Crippen MR) is 83.0 cm³/mol. The van der Waals surface area contributed by atoms with Gasteiger partial charge < -0.3 is 15.5 Å². The van der Waals surface area contributed by atoms with Crippen LogP contribution in [-0.4, -0.2) is 44.0 Å². The Hall–Kier alpha value is -1.55. The fourth-order valence-electron chi connectivity index (χ4n) is 2.71. The summed E-state index contributed by atoms with van der Waals surface area (Å²) < 4.78 is 0. The molecule has 110 valence electrons. The molecule has 0 saturated carbocycles. The van der Waals surface area contributed by atoms with Crippen LogP contribution in [0.5, 0.6) is 0 Å². The molecule has 0 saturated heterocycles. The number of hydrogen-bond donors (Lipinski definition) is 1. The molecule has 0 spiro atoms. The molecule has 0 atom stereocenters. The molecule has 0 bridgehead atoms. The SMILES string of the molecule is Cc1ccc2c(c1)CCCN2CC(=O)N(C)CCCN. The number of hydrogen-bond acceptors (Lipinski definition) is 3. The lowest BCUT2D eigenvalue weighted by atomic mass is 9.99. The van der Waals surface area contributed by atoms with Crippen molar-refractivity contribution in [2.24, 2.45) is 5.73 Å². The van der Waals surface area contributed by atoms with Crippen LogP contribution in [-0.2, 0) is 11.2 Å². The number of carbonyl (C=O) groups is 1. The van der Waals surface area contributed by atoms with Crippen molar-refractivity contribution in [1.29, 1.82) is 0 Å². The number of benzene rings is 1.